The molecule has 2 unspecified atom stereocenters. The van der Waals surface area contributed by atoms with Crippen molar-refractivity contribution in [3.8, 4) is 0 Å². The fourth-order valence-electron chi connectivity index (χ4n) is 2.12. The van der Waals surface area contributed by atoms with Crippen molar-refractivity contribution in [1.29, 1.82) is 0 Å². The van der Waals surface area contributed by atoms with Crippen molar-refractivity contribution in [2.45, 2.75) is 31.2 Å². The molecule has 84 valence electrons. The Labute approximate surface area is 86.6 Å². The molecule has 1 aliphatic heterocycles. The molecule has 0 aromatic carbocycles. The Kier molecular flexibility index (Phi) is 3.41. The third-order valence-corrected chi connectivity index (χ3v) is 4.44. The molecule has 2 atom stereocenters. The molecule has 0 radical (unpaired) electrons. The first-order valence-electron chi connectivity index (χ1n) is 4.70. The van der Waals surface area contributed by atoms with Crippen LogP contribution in [0, 0.1) is 11.8 Å². The van der Waals surface area contributed by atoms with Crippen LogP contribution in [-0.2, 0) is 0 Å². The van der Waals surface area contributed by atoms with Crippen LogP contribution in [-0.4, -0.2) is 23.2 Å². The summed E-state index contributed by atoms with van der Waals surface area (Å²) in [6.45, 7) is 3.46. The van der Waals surface area contributed by atoms with E-state index in [1.807, 2.05) is 13.8 Å². The summed E-state index contributed by atoms with van der Waals surface area (Å²) in [6, 6.07) is 0. The Morgan fingerprint density at radius 3 is 2.36 bits per heavy atom. The van der Waals surface area contributed by atoms with Crippen LogP contribution >= 0.6 is 11.8 Å². The smallest absolute Gasteiger partial charge is 0.330 e. The van der Waals surface area contributed by atoms with Crippen LogP contribution in [0.1, 0.15) is 20.3 Å². The first kappa shape index (κ1) is 12.2. The van der Waals surface area contributed by atoms with E-state index >= 15 is 0 Å². The van der Waals surface area contributed by atoms with Crippen LogP contribution in [0.5, 0.6) is 0 Å². The lowest BCUT2D eigenvalue weighted by Gasteiger charge is -2.33. The second kappa shape index (κ2) is 3.93. The fraction of sp³-hybridized carbons (Fsp3) is 1.00. The minimum atomic E-state index is -4.15. The lowest BCUT2D eigenvalue weighted by atomic mass is 9.81. The van der Waals surface area contributed by atoms with Crippen molar-refractivity contribution >= 4 is 11.8 Å². The molecule has 0 aromatic heterocycles. The largest absolute Gasteiger partial charge is 0.393 e. The van der Waals surface area contributed by atoms with Gasteiger partial charge in [-0.05, 0) is 18.1 Å². The number of hydrogen-bond acceptors (Lipinski definition) is 2. The average molecular weight is 227 g/mol. The van der Waals surface area contributed by atoms with E-state index in [1.54, 1.807) is 11.8 Å². The molecule has 0 aliphatic carbocycles. The molecule has 1 rings (SSSR count). The minimum absolute atomic E-state index is 0.292. The molecule has 0 bridgehead atoms. The zero-order valence-electron chi connectivity index (χ0n) is 8.40. The van der Waals surface area contributed by atoms with Crippen LogP contribution < -0.4 is 5.73 Å². The summed E-state index contributed by atoms with van der Waals surface area (Å²) in [6.07, 6.45) is -3.53. The van der Waals surface area contributed by atoms with Gasteiger partial charge in [-0.2, -0.15) is 24.9 Å². The van der Waals surface area contributed by atoms with Gasteiger partial charge in [0, 0.05) is 11.3 Å². The monoisotopic (exact) mass is 227 g/mol. The molecule has 1 nitrogen and oxygen atoms in total. The van der Waals surface area contributed by atoms with Crippen molar-refractivity contribution in [2.75, 3.05) is 12.3 Å². The standard InChI is InChI=1S/C9H16F3NS/c1-8(2)6(3-4-14-8)7(5-13)9(10,11)12/h6-7H,3-5,13H2,1-2H3. The van der Waals surface area contributed by atoms with Gasteiger partial charge in [0.1, 0.15) is 0 Å². The second-order valence-corrected chi connectivity index (χ2v) is 5.98. The number of nitrogens with two attached hydrogens (primary N) is 1. The molecule has 1 heterocycles. The number of rotatable bonds is 2. The highest BCUT2D eigenvalue weighted by Crippen LogP contribution is 2.49. The van der Waals surface area contributed by atoms with E-state index in [2.05, 4.69) is 0 Å². The van der Waals surface area contributed by atoms with E-state index in [0.717, 1.165) is 5.75 Å². The van der Waals surface area contributed by atoms with Gasteiger partial charge < -0.3 is 5.73 Å². The van der Waals surface area contributed by atoms with E-state index < -0.39 is 12.1 Å². The summed E-state index contributed by atoms with van der Waals surface area (Å²) in [7, 11) is 0. The zero-order chi connectivity index (χ0) is 11.0. The minimum Gasteiger partial charge on any atom is -0.330 e. The molecule has 14 heavy (non-hydrogen) atoms. The molecule has 0 aromatic rings. The Morgan fingerprint density at radius 1 is 1.50 bits per heavy atom. The van der Waals surface area contributed by atoms with Gasteiger partial charge in [-0.15, -0.1) is 0 Å². The Balaban J connectivity index is 2.80. The third kappa shape index (κ3) is 2.37. The number of hydrogen-bond donors (Lipinski definition) is 1. The van der Waals surface area contributed by atoms with Crippen molar-refractivity contribution in [3.63, 3.8) is 0 Å². The number of thioether (sulfide) groups is 1. The number of alkyl halides is 3. The Hall–Kier alpha value is 0.100. The van der Waals surface area contributed by atoms with Gasteiger partial charge in [0.2, 0.25) is 0 Å². The lowest BCUT2D eigenvalue weighted by molar-refractivity contribution is -0.187. The van der Waals surface area contributed by atoms with Crippen LogP contribution in [0.4, 0.5) is 13.2 Å². The van der Waals surface area contributed by atoms with E-state index in [4.69, 9.17) is 5.73 Å². The van der Waals surface area contributed by atoms with Crippen LogP contribution in [0.3, 0.4) is 0 Å². The molecular weight excluding hydrogens is 211 g/mol. The highest BCUT2D eigenvalue weighted by atomic mass is 32.2. The van der Waals surface area contributed by atoms with Gasteiger partial charge in [-0.3, -0.25) is 0 Å². The highest BCUT2D eigenvalue weighted by Gasteiger charge is 2.50. The summed E-state index contributed by atoms with van der Waals surface area (Å²) in [4.78, 5) is 0. The lowest BCUT2D eigenvalue weighted by Crippen LogP contribution is -2.42. The number of halogens is 3. The Bertz CT molecular complexity index is 203. The summed E-state index contributed by atoms with van der Waals surface area (Å²) < 4.78 is 37.6. The molecule has 2 N–H and O–H groups in total. The predicted octanol–water partition coefficient (Wildman–Crippen LogP) is 2.66. The van der Waals surface area contributed by atoms with Crippen molar-refractivity contribution < 1.29 is 13.2 Å². The fourth-order valence-corrected chi connectivity index (χ4v) is 3.51. The summed E-state index contributed by atoms with van der Waals surface area (Å²) in [5, 5.41) is 0. The summed E-state index contributed by atoms with van der Waals surface area (Å²) in [5.41, 5.74) is 5.23. The molecule has 1 fully saturated rings. The van der Waals surface area contributed by atoms with Crippen LogP contribution in [0.25, 0.3) is 0 Å². The molecular formula is C9H16F3NS. The van der Waals surface area contributed by atoms with E-state index in [0.29, 0.717) is 6.42 Å². The maximum Gasteiger partial charge on any atom is 0.393 e. The zero-order valence-corrected chi connectivity index (χ0v) is 9.21. The maximum atomic E-state index is 12.6. The quantitative estimate of drug-likeness (QED) is 0.785. The van der Waals surface area contributed by atoms with Crippen molar-refractivity contribution in [3.05, 3.63) is 0 Å². The summed E-state index contributed by atoms with van der Waals surface area (Å²) >= 11 is 1.61. The summed E-state index contributed by atoms with van der Waals surface area (Å²) in [5.74, 6) is -0.866. The molecule has 0 amide bonds. The first-order chi connectivity index (χ1) is 6.29. The van der Waals surface area contributed by atoms with Gasteiger partial charge in [0.25, 0.3) is 0 Å². The molecule has 1 aliphatic rings. The first-order valence-corrected chi connectivity index (χ1v) is 5.68. The van der Waals surface area contributed by atoms with Gasteiger partial charge in [0.05, 0.1) is 5.92 Å². The molecule has 5 heteroatoms. The van der Waals surface area contributed by atoms with Crippen molar-refractivity contribution in [1.82, 2.24) is 0 Å². The normalized spacial score (nSPS) is 29.1. The van der Waals surface area contributed by atoms with E-state index in [-0.39, 0.29) is 17.2 Å². The topological polar surface area (TPSA) is 26.0 Å². The maximum absolute atomic E-state index is 12.6. The SMILES string of the molecule is CC1(C)SCCC1C(CN)C(F)(F)F. The average Bonchev–Trinajstić information content (AvgIpc) is 2.30. The van der Waals surface area contributed by atoms with Crippen LogP contribution in [0.2, 0.25) is 0 Å². The van der Waals surface area contributed by atoms with E-state index in [9.17, 15) is 13.2 Å². The van der Waals surface area contributed by atoms with Crippen LogP contribution in [0.15, 0.2) is 0 Å². The second-order valence-electron chi connectivity index (χ2n) is 4.23. The Morgan fingerprint density at radius 2 is 2.07 bits per heavy atom. The molecule has 0 spiro atoms. The molecule has 1 saturated heterocycles. The van der Waals surface area contributed by atoms with Gasteiger partial charge in [0.15, 0.2) is 0 Å². The third-order valence-electron chi connectivity index (χ3n) is 2.96. The van der Waals surface area contributed by atoms with Gasteiger partial charge in [-0.25, -0.2) is 0 Å². The van der Waals surface area contributed by atoms with Gasteiger partial charge in [-0.1, -0.05) is 13.8 Å². The van der Waals surface area contributed by atoms with Gasteiger partial charge >= 0.3 is 6.18 Å². The molecule has 0 saturated carbocycles. The predicted molar refractivity (Wildman–Crippen MR) is 53.2 cm³/mol. The van der Waals surface area contributed by atoms with Crippen molar-refractivity contribution in [2.24, 2.45) is 17.6 Å². The van der Waals surface area contributed by atoms with E-state index in [1.165, 1.54) is 0 Å². The highest BCUT2D eigenvalue weighted by molar-refractivity contribution is 8.00.